The summed E-state index contributed by atoms with van der Waals surface area (Å²) in [5, 5.41) is 4.69. The molecule has 238 valence electrons. The highest BCUT2D eigenvalue weighted by Gasteiger charge is 2.17. The van der Waals surface area contributed by atoms with Gasteiger partial charge in [0.15, 0.2) is 5.82 Å². The van der Waals surface area contributed by atoms with Gasteiger partial charge >= 0.3 is 0 Å². The van der Waals surface area contributed by atoms with Crippen LogP contribution in [-0.4, -0.2) is 15.0 Å². The van der Waals surface area contributed by atoms with Gasteiger partial charge in [-0.25, -0.2) is 9.97 Å². The lowest BCUT2D eigenvalue weighted by atomic mass is 9.94. The highest BCUT2D eigenvalue weighted by molar-refractivity contribution is 7.26. The Kier molecular flexibility index (Phi) is 7.00. The normalized spacial score (nSPS) is 11.5. The molecule has 0 aliphatic heterocycles. The van der Waals surface area contributed by atoms with Crippen molar-refractivity contribution in [2.75, 3.05) is 0 Å². The molecule has 0 aliphatic rings. The number of benzene rings is 7. The molecule has 4 heteroatoms. The first-order valence-corrected chi connectivity index (χ1v) is 17.9. The largest absolute Gasteiger partial charge is 0.256 e. The molecule has 0 saturated heterocycles. The average molecular weight is 668 g/mol. The van der Waals surface area contributed by atoms with Gasteiger partial charge in [-0.3, -0.25) is 4.98 Å². The summed E-state index contributed by atoms with van der Waals surface area (Å²) in [6, 6.07) is 60.2. The molecule has 3 aromatic heterocycles. The lowest BCUT2D eigenvalue weighted by Crippen LogP contribution is -1.94. The van der Waals surface area contributed by atoms with Crippen LogP contribution >= 0.6 is 11.3 Å². The predicted octanol–water partition coefficient (Wildman–Crippen LogP) is 12.9. The van der Waals surface area contributed by atoms with Gasteiger partial charge in [-0.15, -0.1) is 11.3 Å². The Morgan fingerprint density at radius 3 is 1.92 bits per heavy atom. The Labute approximate surface area is 299 Å². The van der Waals surface area contributed by atoms with Crippen LogP contribution in [0.3, 0.4) is 0 Å². The first-order chi connectivity index (χ1) is 25.3. The Morgan fingerprint density at radius 2 is 1.06 bits per heavy atom. The zero-order chi connectivity index (χ0) is 33.7. The third-order valence-corrected chi connectivity index (χ3v) is 10.9. The van der Waals surface area contributed by atoms with Crippen molar-refractivity contribution in [2.24, 2.45) is 0 Å². The highest BCUT2D eigenvalue weighted by atomic mass is 32.1. The van der Waals surface area contributed by atoms with E-state index in [1.807, 2.05) is 18.3 Å². The average Bonchev–Trinajstić information content (AvgIpc) is 3.59. The van der Waals surface area contributed by atoms with E-state index in [-0.39, 0.29) is 0 Å². The van der Waals surface area contributed by atoms with E-state index in [1.54, 1.807) is 11.3 Å². The van der Waals surface area contributed by atoms with Gasteiger partial charge in [0.1, 0.15) is 0 Å². The molecule has 10 aromatic rings. The van der Waals surface area contributed by atoms with Crippen molar-refractivity contribution in [3.05, 3.63) is 176 Å². The number of thiophene rings is 1. The molecule has 0 atom stereocenters. The molecule has 0 unspecified atom stereocenters. The van der Waals surface area contributed by atoms with Crippen LogP contribution in [0.4, 0.5) is 0 Å². The summed E-state index contributed by atoms with van der Waals surface area (Å²) in [6.45, 7) is 0. The number of nitrogens with zero attached hydrogens (tertiary/aromatic N) is 3. The van der Waals surface area contributed by atoms with E-state index in [0.29, 0.717) is 0 Å². The molecule has 0 saturated carbocycles. The number of hydrogen-bond acceptors (Lipinski definition) is 4. The second kappa shape index (κ2) is 12.1. The minimum atomic E-state index is 0.727. The number of fused-ring (bicyclic) bond motifs is 6. The molecule has 3 nitrogen and oxygen atoms in total. The minimum Gasteiger partial charge on any atom is -0.256 e. The lowest BCUT2D eigenvalue weighted by molar-refractivity contribution is 1.24. The van der Waals surface area contributed by atoms with E-state index in [1.165, 1.54) is 37.7 Å². The Balaban J connectivity index is 1.04. The molecular formula is C47H29N3S. The van der Waals surface area contributed by atoms with Gasteiger partial charge in [0.05, 0.1) is 21.4 Å². The monoisotopic (exact) mass is 667 g/mol. The van der Waals surface area contributed by atoms with E-state index < -0.39 is 0 Å². The molecular weight excluding hydrogens is 639 g/mol. The summed E-state index contributed by atoms with van der Waals surface area (Å²) in [6.07, 6.45) is 1.87. The molecule has 0 N–H and O–H groups in total. The molecule has 0 radical (unpaired) electrons. The molecule has 7 aromatic carbocycles. The van der Waals surface area contributed by atoms with E-state index in [4.69, 9.17) is 15.0 Å². The third kappa shape index (κ3) is 5.16. The standard InChI is InChI=1S/C47H29N3S/c1-2-9-30(10-3-1)31-18-22-34(23-19-31)44-46-45(41-14-4-5-17-42(41)51-46)50-47(49-44)35-24-20-32(21-25-35)36-11-6-12-37(29-36)38-15-7-16-40-39(38)27-26-33-13-8-28-48-43(33)40/h1-29H. The second-order valence-corrected chi connectivity index (χ2v) is 13.9. The van der Waals surface area contributed by atoms with Crippen molar-refractivity contribution in [3.8, 4) is 56.0 Å². The van der Waals surface area contributed by atoms with Gasteiger partial charge in [0.2, 0.25) is 0 Å². The summed E-state index contributed by atoms with van der Waals surface area (Å²) in [5.41, 5.74) is 12.1. The summed E-state index contributed by atoms with van der Waals surface area (Å²) >= 11 is 1.76. The zero-order valence-corrected chi connectivity index (χ0v) is 28.3. The molecule has 0 bridgehead atoms. The van der Waals surface area contributed by atoms with Crippen molar-refractivity contribution in [1.82, 2.24) is 15.0 Å². The Morgan fingerprint density at radius 1 is 0.392 bits per heavy atom. The van der Waals surface area contributed by atoms with Gasteiger partial charge in [-0.05, 0) is 57.0 Å². The van der Waals surface area contributed by atoms with Crippen molar-refractivity contribution in [2.45, 2.75) is 0 Å². The van der Waals surface area contributed by atoms with Crippen LogP contribution in [-0.2, 0) is 0 Å². The number of pyridine rings is 1. The molecule has 0 fully saturated rings. The van der Waals surface area contributed by atoms with E-state index in [2.05, 4.69) is 158 Å². The SMILES string of the molecule is c1ccc(-c2ccc(-c3nc(-c4ccc(-c5cccc(-c6cccc7c6ccc6cccnc67)c5)cc4)nc4c3sc3ccccc34)cc2)cc1. The maximum atomic E-state index is 5.24. The van der Waals surface area contributed by atoms with Crippen LogP contribution in [0, 0.1) is 0 Å². The van der Waals surface area contributed by atoms with Gasteiger partial charge in [0.25, 0.3) is 0 Å². The van der Waals surface area contributed by atoms with Crippen LogP contribution in [0.25, 0.3) is 98.0 Å². The Bertz CT molecular complexity index is 2890. The van der Waals surface area contributed by atoms with Gasteiger partial charge in [-0.2, -0.15) is 0 Å². The summed E-state index contributed by atoms with van der Waals surface area (Å²) in [7, 11) is 0. The van der Waals surface area contributed by atoms with Crippen molar-refractivity contribution in [1.29, 1.82) is 0 Å². The van der Waals surface area contributed by atoms with Crippen LogP contribution in [0.15, 0.2) is 176 Å². The van der Waals surface area contributed by atoms with Crippen LogP contribution < -0.4 is 0 Å². The fourth-order valence-electron chi connectivity index (χ4n) is 7.20. The van der Waals surface area contributed by atoms with Crippen molar-refractivity contribution < 1.29 is 0 Å². The smallest absolute Gasteiger partial charge is 0.160 e. The third-order valence-electron chi connectivity index (χ3n) is 9.76. The van der Waals surface area contributed by atoms with Crippen LogP contribution in [0.2, 0.25) is 0 Å². The fraction of sp³-hybridized carbons (Fsp3) is 0. The van der Waals surface area contributed by atoms with Gasteiger partial charge < -0.3 is 0 Å². The minimum absolute atomic E-state index is 0.727. The van der Waals surface area contributed by atoms with Crippen LogP contribution in [0.5, 0.6) is 0 Å². The summed E-state index contributed by atoms with van der Waals surface area (Å²) < 4.78 is 2.32. The van der Waals surface area contributed by atoms with Crippen LogP contribution in [0.1, 0.15) is 0 Å². The maximum Gasteiger partial charge on any atom is 0.160 e. The molecule has 0 amide bonds. The van der Waals surface area contributed by atoms with Gasteiger partial charge in [0, 0.05) is 38.2 Å². The number of rotatable bonds is 5. The first kappa shape index (κ1) is 29.4. The van der Waals surface area contributed by atoms with Crippen molar-refractivity contribution in [3.63, 3.8) is 0 Å². The number of aromatic nitrogens is 3. The van der Waals surface area contributed by atoms with E-state index in [0.717, 1.165) is 60.3 Å². The van der Waals surface area contributed by atoms with Gasteiger partial charge in [-0.1, -0.05) is 152 Å². The first-order valence-electron chi connectivity index (χ1n) is 17.1. The zero-order valence-electron chi connectivity index (χ0n) is 27.5. The lowest BCUT2D eigenvalue weighted by Gasteiger charge is -2.11. The molecule has 0 aliphatic carbocycles. The highest BCUT2D eigenvalue weighted by Crippen LogP contribution is 2.40. The van der Waals surface area contributed by atoms with E-state index >= 15 is 0 Å². The number of hydrogen-bond donors (Lipinski definition) is 0. The molecule has 51 heavy (non-hydrogen) atoms. The fourth-order valence-corrected chi connectivity index (χ4v) is 8.35. The quantitative estimate of drug-likeness (QED) is 0.171. The molecule has 0 spiro atoms. The Hall–Kier alpha value is -6.49. The predicted molar refractivity (Wildman–Crippen MR) is 215 cm³/mol. The maximum absolute atomic E-state index is 5.24. The topological polar surface area (TPSA) is 38.7 Å². The summed E-state index contributed by atoms with van der Waals surface area (Å²) in [4.78, 5) is 15.1. The van der Waals surface area contributed by atoms with Crippen molar-refractivity contribution >= 4 is 53.3 Å². The second-order valence-electron chi connectivity index (χ2n) is 12.8. The van der Waals surface area contributed by atoms with E-state index in [9.17, 15) is 0 Å². The summed E-state index contributed by atoms with van der Waals surface area (Å²) in [5.74, 6) is 0.727. The molecule has 3 heterocycles. The molecule has 10 rings (SSSR count).